The van der Waals surface area contributed by atoms with Crippen LogP contribution in [0.3, 0.4) is 0 Å². The SMILES string of the molecule is CCc1cccc(OCC(=O)Oc2ccc3cc(C(=O)NCCOC)c(=O)oc3c2)c1. The van der Waals surface area contributed by atoms with Crippen molar-refractivity contribution in [3.05, 3.63) is 70.1 Å². The summed E-state index contributed by atoms with van der Waals surface area (Å²) in [6, 6.07) is 13.4. The first-order chi connectivity index (χ1) is 15.0. The Bertz CT molecular complexity index is 1140. The van der Waals surface area contributed by atoms with E-state index in [2.05, 4.69) is 5.32 Å². The van der Waals surface area contributed by atoms with Crippen LogP contribution in [0, 0.1) is 0 Å². The van der Waals surface area contributed by atoms with Crippen LogP contribution < -0.4 is 20.4 Å². The Morgan fingerprint density at radius 3 is 2.68 bits per heavy atom. The number of hydrogen-bond acceptors (Lipinski definition) is 7. The predicted octanol–water partition coefficient (Wildman–Crippen LogP) is 2.72. The van der Waals surface area contributed by atoms with Crippen LogP contribution in [0.4, 0.5) is 0 Å². The van der Waals surface area contributed by atoms with E-state index in [1.807, 2.05) is 25.1 Å². The lowest BCUT2D eigenvalue weighted by molar-refractivity contribution is -0.136. The van der Waals surface area contributed by atoms with Crippen molar-refractivity contribution in [2.75, 3.05) is 26.9 Å². The average molecular weight is 425 g/mol. The van der Waals surface area contributed by atoms with Gasteiger partial charge in [0, 0.05) is 25.1 Å². The largest absolute Gasteiger partial charge is 0.482 e. The van der Waals surface area contributed by atoms with Crippen LogP contribution in [0.2, 0.25) is 0 Å². The summed E-state index contributed by atoms with van der Waals surface area (Å²) < 4.78 is 20.8. The van der Waals surface area contributed by atoms with Gasteiger partial charge in [-0.2, -0.15) is 0 Å². The molecule has 162 valence electrons. The monoisotopic (exact) mass is 425 g/mol. The minimum absolute atomic E-state index is 0.115. The van der Waals surface area contributed by atoms with E-state index in [4.69, 9.17) is 18.6 Å². The molecular weight excluding hydrogens is 402 g/mol. The fraction of sp³-hybridized carbons (Fsp3) is 0.261. The number of rotatable bonds is 9. The Balaban J connectivity index is 1.66. The Morgan fingerprint density at radius 1 is 1.06 bits per heavy atom. The smallest absolute Gasteiger partial charge is 0.349 e. The molecule has 0 aliphatic carbocycles. The molecule has 1 aromatic heterocycles. The summed E-state index contributed by atoms with van der Waals surface area (Å²) in [5, 5.41) is 3.09. The van der Waals surface area contributed by atoms with Gasteiger partial charge in [0.15, 0.2) is 6.61 Å². The van der Waals surface area contributed by atoms with Crippen LogP contribution in [0.5, 0.6) is 11.5 Å². The standard InChI is InChI=1S/C23H23NO7/c1-3-15-5-4-6-17(11-15)29-14-21(25)30-18-8-7-16-12-19(22(26)24-9-10-28-2)23(27)31-20(16)13-18/h4-8,11-13H,3,9-10,14H2,1-2H3,(H,24,26). The van der Waals surface area contributed by atoms with Crippen molar-refractivity contribution < 1.29 is 28.2 Å². The number of aryl methyl sites for hydroxylation is 1. The molecule has 0 aliphatic rings. The van der Waals surface area contributed by atoms with E-state index in [1.54, 1.807) is 18.2 Å². The molecule has 0 spiro atoms. The zero-order chi connectivity index (χ0) is 22.2. The molecule has 0 saturated carbocycles. The highest BCUT2D eigenvalue weighted by Crippen LogP contribution is 2.21. The van der Waals surface area contributed by atoms with Gasteiger partial charge in [-0.05, 0) is 42.3 Å². The number of ether oxygens (including phenoxy) is 3. The van der Waals surface area contributed by atoms with Crippen molar-refractivity contribution in [3.8, 4) is 11.5 Å². The average Bonchev–Trinajstić information content (AvgIpc) is 2.77. The highest BCUT2D eigenvalue weighted by molar-refractivity contribution is 5.96. The molecule has 0 unspecified atom stereocenters. The number of carbonyl (C=O) groups is 2. The summed E-state index contributed by atoms with van der Waals surface area (Å²) in [5.74, 6) is -0.369. The van der Waals surface area contributed by atoms with Gasteiger partial charge < -0.3 is 23.9 Å². The van der Waals surface area contributed by atoms with Gasteiger partial charge in [0.1, 0.15) is 22.6 Å². The second kappa shape index (κ2) is 10.4. The summed E-state index contributed by atoms with van der Waals surface area (Å²) in [5.41, 5.74) is 0.392. The number of benzene rings is 2. The van der Waals surface area contributed by atoms with E-state index in [0.29, 0.717) is 17.7 Å². The number of hydrogen-bond donors (Lipinski definition) is 1. The summed E-state index contributed by atoms with van der Waals surface area (Å²) in [7, 11) is 1.51. The maximum absolute atomic E-state index is 12.2. The number of fused-ring (bicyclic) bond motifs is 1. The van der Waals surface area contributed by atoms with E-state index >= 15 is 0 Å². The van der Waals surface area contributed by atoms with Gasteiger partial charge in [0.25, 0.3) is 5.91 Å². The molecule has 3 aromatic rings. The minimum Gasteiger partial charge on any atom is -0.482 e. The van der Waals surface area contributed by atoms with Crippen molar-refractivity contribution in [1.82, 2.24) is 5.32 Å². The molecule has 1 N–H and O–H groups in total. The van der Waals surface area contributed by atoms with Gasteiger partial charge in [-0.15, -0.1) is 0 Å². The molecule has 1 amide bonds. The fourth-order valence-electron chi connectivity index (χ4n) is 2.83. The summed E-state index contributed by atoms with van der Waals surface area (Å²) in [4.78, 5) is 36.4. The quantitative estimate of drug-likeness (QED) is 0.243. The normalized spacial score (nSPS) is 10.6. The zero-order valence-corrected chi connectivity index (χ0v) is 17.3. The van der Waals surface area contributed by atoms with Gasteiger partial charge in [0.05, 0.1) is 6.61 Å². The third-order valence-corrected chi connectivity index (χ3v) is 4.44. The molecule has 8 nitrogen and oxygen atoms in total. The van der Waals surface area contributed by atoms with Crippen molar-refractivity contribution in [2.24, 2.45) is 0 Å². The number of nitrogens with one attached hydrogen (secondary N) is 1. The van der Waals surface area contributed by atoms with Crippen LogP contribution in [-0.2, 0) is 16.0 Å². The lowest BCUT2D eigenvalue weighted by Crippen LogP contribution is -2.30. The summed E-state index contributed by atoms with van der Waals surface area (Å²) in [6.45, 7) is 2.36. The van der Waals surface area contributed by atoms with Crippen LogP contribution in [0.15, 0.2) is 57.7 Å². The molecule has 8 heteroatoms. The molecule has 0 atom stereocenters. The first-order valence-corrected chi connectivity index (χ1v) is 9.77. The summed E-state index contributed by atoms with van der Waals surface area (Å²) >= 11 is 0. The number of amides is 1. The molecular formula is C23H23NO7. The number of esters is 1. The Labute approximate surface area is 178 Å². The Hall–Kier alpha value is -3.65. The first kappa shape index (κ1) is 22.0. The van der Waals surface area contributed by atoms with Crippen LogP contribution >= 0.6 is 0 Å². The predicted molar refractivity (Wildman–Crippen MR) is 114 cm³/mol. The molecule has 2 aromatic carbocycles. The van der Waals surface area contributed by atoms with Crippen molar-refractivity contribution in [3.63, 3.8) is 0 Å². The van der Waals surface area contributed by atoms with Gasteiger partial charge in [0.2, 0.25) is 0 Å². The van der Waals surface area contributed by atoms with E-state index in [0.717, 1.165) is 12.0 Å². The van der Waals surface area contributed by atoms with Crippen LogP contribution in [0.1, 0.15) is 22.8 Å². The van der Waals surface area contributed by atoms with Crippen LogP contribution in [-0.4, -0.2) is 38.7 Å². The minimum atomic E-state index is -0.787. The van der Waals surface area contributed by atoms with Crippen LogP contribution in [0.25, 0.3) is 11.0 Å². The van der Waals surface area contributed by atoms with Gasteiger partial charge in [-0.1, -0.05) is 19.1 Å². The molecule has 1 heterocycles. The lowest BCUT2D eigenvalue weighted by atomic mass is 10.1. The maximum atomic E-state index is 12.2. The van der Waals surface area contributed by atoms with Gasteiger partial charge >= 0.3 is 11.6 Å². The van der Waals surface area contributed by atoms with Gasteiger partial charge in [-0.25, -0.2) is 9.59 Å². The molecule has 0 fully saturated rings. The van der Waals surface area contributed by atoms with Gasteiger partial charge in [-0.3, -0.25) is 4.79 Å². The topological polar surface area (TPSA) is 104 Å². The number of methoxy groups -OCH3 is 1. The van der Waals surface area contributed by atoms with E-state index < -0.39 is 17.5 Å². The molecule has 31 heavy (non-hydrogen) atoms. The lowest BCUT2D eigenvalue weighted by Gasteiger charge is -2.08. The first-order valence-electron chi connectivity index (χ1n) is 9.77. The highest BCUT2D eigenvalue weighted by atomic mass is 16.6. The fourth-order valence-corrected chi connectivity index (χ4v) is 2.83. The third-order valence-electron chi connectivity index (χ3n) is 4.44. The van der Waals surface area contributed by atoms with Crippen molar-refractivity contribution in [1.29, 1.82) is 0 Å². The third kappa shape index (κ3) is 5.93. The zero-order valence-electron chi connectivity index (χ0n) is 17.3. The molecule has 3 rings (SSSR count). The van der Waals surface area contributed by atoms with E-state index in [9.17, 15) is 14.4 Å². The second-order valence-corrected chi connectivity index (χ2v) is 6.66. The van der Waals surface area contributed by atoms with E-state index in [-0.39, 0.29) is 30.0 Å². The Kier molecular flexibility index (Phi) is 7.40. The number of carbonyl (C=O) groups excluding carboxylic acids is 2. The Morgan fingerprint density at radius 2 is 1.90 bits per heavy atom. The molecule has 0 saturated heterocycles. The second-order valence-electron chi connectivity index (χ2n) is 6.66. The van der Waals surface area contributed by atoms with E-state index in [1.165, 1.54) is 19.2 Å². The maximum Gasteiger partial charge on any atom is 0.349 e. The summed E-state index contributed by atoms with van der Waals surface area (Å²) in [6.07, 6.45) is 0.862. The molecule has 0 aliphatic heterocycles. The van der Waals surface area contributed by atoms with Crippen molar-refractivity contribution in [2.45, 2.75) is 13.3 Å². The highest BCUT2D eigenvalue weighted by Gasteiger charge is 2.14. The molecule has 0 radical (unpaired) electrons. The van der Waals surface area contributed by atoms with Crippen molar-refractivity contribution >= 4 is 22.8 Å². The molecule has 0 bridgehead atoms.